The Bertz CT molecular complexity index is 801. The minimum absolute atomic E-state index is 0.107. The van der Waals surface area contributed by atoms with Crippen LogP contribution in [0.25, 0.3) is 10.9 Å². The first-order valence-electron chi connectivity index (χ1n) is 7.34. The third-order valence-corrected chi connectivity index (χ3v) is 2.94. The Hall–Kier alpha value is -2.74. The van der Waals surface area contributed by atoms with Crippen LogP contribution in [0.3, 0.4) is 0 Å². The molecule has 0 atom stereocenters. The first-order chi connectivity index (χ1) is 10.8. The average molecular weight is 312 g/mol. The van der Waals surface area contributed by atoms with Crippen molar-refractivity contribution >= 4 is 22.9 Å². The summed E-state index contributed by atoms with van der Waals surface area (Å²) in [6, 6.07) is 7.42. The van der Waals surface area contributed by atoms with Crippen molar-refractivity contribution in [3.05, 3.63) is 36.0 Å². The normalized spacial score (nSPS) is 10.8. The SMILES string of the molecule is CC(=O)NCC#Cc1ccc2c(ccn2C(=O)OC(C)(C)C)c1. The molecule has 0 aliphatic rings. The fourth-order valence-electron chi connectivity index (χ4n) is 2.01. The molecule has 0 aliphatic carbocycles. The summed E-state index contributed by atoms with van der Waals surface area (Å²) in [6.07, 6.45) is 1.28. The van der Waals surface area contributed by atoms with Gasteiger partial charge in [0.25, 0.3) is 0 Å². The summed E-state index contributed by atoms with van der Waals surface area (Å²) in [6.45, 7) is 7.26. The number of aromatic nitrogens is 1. The lowest BCUT2D eigenvalue weighted by Gasteiger charge is -2.19. The zero-order valence-electron chi connectivity index (χ0n) is 13.8. The number of ether oxygens (including phenoxy) is 1. The van der Waals surface area contributed by atoms with E-state index in [9.17, 15) is 9.59 Å². The molecule has 0 aliphatic heterocycles. The second kappa shape index (κ2) is 6.57. The van der Waals surface area contributed by atoms with Crippen LogP contribution in [-0.2, 0) is 9.53 Å². The highest BCUT2D eigenvalue weighted by molar-refractivity contribution is 5.90. The molecular weight excluding hydrogens is 292 g/mol. The van der Waals surface area contributed by atoms with Crippen LogP contribution < -0.4 is 5.32 Å². The van der Waals surface area contributed by atoms with Crippen LogP contribution in [-0.4, -0.2) is 28.7 Å². The van der Waals surface area contributed by atoms with Gasteiger partial charge in [0.1, 0.15) is 5.60 Å². The summed E-state index contributed by atoms with van der Waals surface area (Å²) in [5, 5.41) is 3.52. The predicted octanol–water partition coefficient (Wildman–Crippen LogP) is 2.91. The van der Waals surface area contributed by atoms with E-state index in [-0.39, 0.29) is 5.91 Å². The zero-order valence-corrected chi connectivity index (χ0v) is 13.8. The summed E-state index contributed by atoms with van der Waals surface area (Å²) >= 11 is 0. The number of carbonyl (C=O) groups excluding carboxylic acids is 2. The maximum absolute atomic E-state index is 12.2. The molecule has 0 saturated carbocycles. The van der Waals surface area contributed by atoms with Gasteiger partial charge >= 0.3 is 6.09 Å². The van der Waals surface area contributed by atoms with E-state index in [4.69, 9.17) is 4.74 Å². The summed E-state index contributed by atoms with van der Waals surface area (Å²) in [5.74, 6) is 5.75. The molecule has 1 amide bonds. The summed E-state index contributed by atoms with van der Waals surface area (Å²) < 4.78 is 6.86. The maximum atomic E-state index is 12.2. The molecule has 1 aromatic heterocycles. The molecule has 120 valence electrons. The van der Waals surface area contributed by atoms with Crippen LogP contribution in [0.15, 0.2) is 30.5 Å². The molecule has 0 unspecified atom stereocenters. The second-order valence-electron chi connectivity index (χ2n) is 6.15. The van der Waals surface area contributed by atoms with E-state index in [2.05, 4.69) is 17.2 Å². The van der Waals surface area contributed by atoms with Crippen LogP contribution >= 0.6 is 0 Å². The van der Waals surface area contributed by atoms with Crippen molar-refractivity contribution in [1.82, 2.24) is 9.88 Å². The fraction of sp³-hybridized carbons (Fsp3) is 0.333. The quantitative estimate of drug-likeness (QED) is 0.824. The van der Waals surface area contributed by atoms with E-state index < -0.39 is 11.7 Å². The third kappa shape index (κ3) is 4.62. The molecule has 0 fully saturated rings. The van der Waals surface area contributed by atoms with E-state index in [1.54, 1.807) is 6.20 Å². The highest BCUT2D eigenvalue weighted by atomic mass is 16.6. The molecule has 0 spiro atoms. The van der Waals surface area contributed by atoms with Crippen LogP contribution in [0.1, 0.15) is 33.3 Å². The Balaban J connectivity index is 2.20. The first-order valence-corrected chi connectivity index (χ1v) is 7.34. The van der Waals surface area contributed by atoms with Crippen molar-refractivity contribution in [3.8, 4) is 11.8 Å². The van der Waals surface area contributed by atoms with Gasteiger partial charge in [-0.25, -0.2) is 4.79 Å². The zero-order chi connectivity index (χ0) is 17.0. The van der Waals surface area contributed by atoms with E-state index in [1.807, 2.05) is 45.0 Å². The van der Waals surface area contributed by atoms with Gasteiger partial charge in [0.05, 0.1) is 12.1 Å². The lowest BCUT2D eigenvalue weighted by molar-refractivity contribution is -0.118. The van der Waals surface area contributed by atoms with Gasteiger partial charge in [-0.1, -0.05) is 11.8 Å². The van der Waals surface area contributed by atoms with Gasteiger partial charge in [0.2, 0.25) is 5.91 Å². The molecule has 0 bridgehead atoms. The van der Waals surface area contributed by atoms with E-state index in [1.165, 1.54) is 11.5 Å². The minimum Gasteiger partial charge on any atom is -0.443 e. The van der Waals surface area contributed by atoms with Crippen molar-refractivity contribution in [2.24, 2.45) is 0 Å². The number of amides is 1. The molecule has 5 heteroatoms. The van der Waals surface area contributed by atoms with Crippen LogP contribution in [0, 0.1) is 11.8 Å². The van der Waals surface area contributed by atoms with Gasteiger partial charge in [-0.15, -0.1) is 0 Å². The molecule has 1 aromatic carbocycles. The Morgan fingerprint density at radius 1 is 1.26 bits per heavy atom. The molecule has 1 N–H and O–H groups in total. The van der Waals surface area contributed by atoms with Gasteiger partial charge in [0.15, 0.2) is 0 Å². The number of carbonyl (C=O) groups is 2. The van der Waals surface area contributed by atoms with E-state index >= 15 is 0 Å². The molecule has 1 heterocycles. The number of benzene rings is 1. The highest BCUT2D eigenvalue weighted by Gasteiger charge is 2.18. The molecule has 2 aromatic rings. The number of hydrogen-bond acceptors (Lipinski definition) is 3. The Morgan fingerprint density at radius 3 is 2.65 bits per heavy atom. The van der Waals surface area contributed by atoms with E-state index in [0.717, 1.165) is 16.5 Å². The maximum Gasteiger partial charge on any atom is 0.418 e. The Morgan fingerprint density at radius 2 is 2.00 bits per heavy atom. The van der Waals surface area contributed by atoms with Gasteiger partial charge in [-0.05, 0) is 45.0 Å². The minimum atomic E-state index is -0.539. The predicted molar refractivity (Wildman–Crippen MR) is 89.1 cm³/mol. The van der Waals surface area contributed by atoms with Gasteiger partial charge < -0.3 is 10.1 Å². The lowest BCUT2D eigenvalue weighted by atomic mass is 10.1. The highest BCUT2D eigenvalue weighted by Crippen LogP contribution is 2.19. The van der Waals surface area contributed by atoms with Gasteiger partial charge in [-0.3, -0.25) is 9.36 Å². The average Bonchev–Trinajstić information content (AvgIpc) is 2.84. The first kappa shape index (κ1) is 16.6. The van der Waals surface area contributed by atoms with Crippen molar-refractivity contribution in [2.75, 3.05) is 6.54 Å². The Kier molecular flexibility index (Phi) is 4.75. The second-order valence-corrected chi connectivity index (χ2v) is 6.15. The van der Waals surface area contributed by atoms with Crippen molar-refractivity contribution in [2.45, 2.75) is 33.3 Å². The monoisotopic (exact) mass is 312 g/mol. The number of nitrogens with zero attached hydrogens (tertiary/aromatic N) is 1. The molecule has 5 nitrogen and oxygen atoms in total. The van der Waals surface area contributed by atoms with Crippen LogP contribution in [0.4, 0.5) is 4.79 Å². The number of fused-ring (bicyclic) bond motifs is 1. The standard InChI is InChI=1S/C18H20N2O3/c1-13(21)19-10-5-6-14-7-8-16-15(12-14)9-11-20(16)17(22)23-18(2,3)4/h7-9,11-12H,10H2,1-4H3,(H,19,21). The fourth-order valence-corrected chi connectivity index (χ4v) is 2.01. The smallest absolute Gasteiger partial charge is 0.418 e. The molecule has 2 rings (SSSR count). The van der Waals surface area contributed by atoms with Crippen molar-refractivity contribution in [1.29, 1.82) is 0 Å². The molecule has 0 radical (unpaired) electrons. The van der Waals surface area contributed by atoms with Gasteiger partial charge in [-0.2, -0.15) is 0 Å². The molecule has 23 heavy (non-hydrogen) atoms. The number of nitrogens with one attached hydrogen (secondary N) is 1. The van der Waals surface area contributed by atoms with Crippen molar-refractivity contribution in [3.63, 3.8) is 0 Å². The largest absolute Gasteiger partial charge is 0.443 e. The topological polar surface area (TPSA) is 60.3 Å². The molecule has 0 saturated heterocycles. The van der Waals surface area contributed by atoms with Crippen LogP contribution in [0.5, 0.6) is 0 Å². The van der Waals surface area contributed by atoms with E-state index in [0.29, 0.717) is 6.54 Å². The van der Waals surface area contributed by atoms with Gasteiger partial charge in [0, 0.05) is 24.1 Å². The van der Waals surface area contributed by atoms with Crippen LogP contribution in [0.2, 0.25) is 0 Å². The van der Waals surface area contributed by atoms with Crippen molar-refractivity contribution < 1.29 is 14.3 Å². The third-order valence-electron chi connectivity index (χ3n) is 2.94. The number of hydrogen-bond donors (Lipinski definition) is 1. The summed E-state index contributed by atoms with van der Waals surface area (Å²) in [7, 11) is 0. The molecular formula is C18H20N2O3. The summed E-state index contributed by atoms with van der Waals surface area (Å²) in [4.78, 5) is 22.9. The summed E-state index contributed by atoms with van der Waals surface area (Å²) in [5.41, 5.74) is 1.06. The number of rotatable bonds is 1. The Labute approximate surface area is 135 Å². The lowest BCUT2D eigenvalue weighted by Crippen LogP contribution is -2.26.